The van der Waals surface area contributed by atoms with Crippen molar-refractivity contribution < 1.29 is 23.1 Å². The molecule has 0 heterocycles. The van der Waals surface area contributed by atoms with Gasteiger partial charge in [0.15, 0.2) is 0 Å². The van der Waals surface area contributed by atoms with Crippen molar-refractivity contribution in [1.29, 1.82) is 0 Å². The van der Waals surface area contributed by atoms with Gasteiger partial charge in [0.1, 0.15) is 5.60 Å². The highest BCUT2D eigenvalue weighted by Gasteiger charge is 2.31. The molecule has 0 unspecified atom stereocenters. The first-order valence-corrected chi connectivity index (χ1v) is 5.23. The molecule has 0 aromatic heterocycles. The Bertz CT molecular complexity index is 461. The van der Waals surface area contributed by atoms with E-state index in [0.29, 0.717) is 5.56 Å². The lowest BCUT2D eigenvalue weighted by Crippen LogP contribution is -2.36. The first-order chi connectivity index (χ1) is 8.01. The standard InChI is InChI=1S/C12H14F3NO2/c1-7-4-5-8(12(13,14)15)6-9(7)16-10(17)11(2,3)18/h4-6,18H,1-3H3,(H,16,17). The van der Waals surface area contributed by atoms with Crippen LogP contribution < -0.4 is 5.32 Å². The van der Waals surface area contributed by atoms with Gasteiger partial charge in [0.05, 0.1) is 5.56 Å². The van der Waals surface area contributed by atoms with Crippen molar-refractivity contribution in [3.8, 4) is 0 Å². The zero-order chi connectivity index (χ0) is 14.1. The van der Waals surface area contributed by atoms with Crippen LogP contribution in [0, 0.1) is 6.92 Å². The molecule has 0 aliphatic heterocycles. The van der Waals surface area contributed by atoms with E-state index in [9.17, 15) is 23.1 Å². The average Bonchev–Trinajstić information content (AvgIpc) is 2.18. The lowest BCUT2D eigenvalue weighted by molar-refractivity contribution is -0.137. The first-order valence-electron chi connectivity index (χ1n) is 5.23. The predicted molar refractivity (Wildman–Crippen MR) is 61.1 cm³/mol. The number of aliphatic hydroxyl groups is 1. The van der Waals surface area contributed by atoms with Gasteiger partial charge >= 0.3 is 6.18 Å². The van der Waals surface area contributed by atoms with Crippen molar-refractivity contribution in [2.24, 2.45) is 0 Å². The fourth-order valence-electron chi connectivity index (χ4n) is 1.21. The molecular formula is C12H14F3NO2. The molecule has 1 rings (SSSR count). The summed E-state index contributed by atoms with van der Waals surface area (Å²) in [5, 5.41) is 11.7. The zero-order valence-electron chi connectivity index (χ0n) is 10.2. The number of benzene rings is 1. The summed E-state index contributed by atoms with van der Waals surface area (Å²) in [4.78, 5) is 11.5. The monoisotopic (exact) mass is 261 g/mol. The Morgan fingerprint density at radius 1 is 1.28 bits per heavy atom. The van der Waals surface area contributed by atoms with Gasteiger partial charge in [-0.2, -0.15) is 13.2 Å². The van der Waals surface area contributed by atoms with Crippen LogP contribution in [0.2, 0.25) is 0 Å². The Morgan fingerprint density at radius 2 is 1.83 bits per heavy atom. The number of aryl methyl sites for hydroxylation is 1. The van der Waals surface area contributed by atoms with Crippen molar-refractivity contribution in [3.05, 3.63) is 29.3 Å². The number of amides is 1. The van der Waals surface area contributed by atoms with Crippen molar-refractivity contribution in [2.75, 3.05) is 5.32 Å². The van der Waals surface area contributed by atoms with Crippen molar-refractivity contribution in [3.63, 3.8) is 0 Å². The molecule has 0 atom stereocenters. The SMILES string of the molecule is Cc1ccc(C(F)(F)F)cc1NC(=O)C(C)(C)O. The highest BCUT2D eigenvalue weighted by atomic mass is 19.4. The minimum atomic E-state index is -4.47. The second-order valence-corrected chi connectivity index (χ2v) is 4.54. The van der Waals surface area contributed by atoms with E-state index in [4.69, 9.17) is 0 Å². The summed E-state index contributed by atoms with van der Waals surface area (Å²) in [5.74, 6) is -0.759. The van der Waals surface area contributed by atoms with E-state index in [0.717, 1.165) is 12.1 Å². The topological polar surface area (TPSA) is 49.3 Å². The van der Waals surface area contributed by atoms with E-state index in [1.807, 2.05) is 0 Å². The largest absolute Gasteiger partial charge is 0.416 e. The summed E-state index contributed by atoms with van der Waals surface area (Å²) in [6.07, 6.45) is -4.47. The molecule has 0 aliphatic rings. The van der Waals surface area contributed by atoms with Gasteiger partial charge in [-0.3, -0.25) is 4.79 Å². The van der Waals surface area contributed by atoms with Gasteiger partial charge in [-0.15, -0.1) is 0 Å². The fraction of sp³-hybridized carbons (Fsp3) is 0.417. The van der Waals surface area contributed by atoms with Crippen LogP contribution in [0.1, 0.15) is 25.0 Å². The lowest BCUT2D eigenvalue weighted by atomic mass is 10.1. The number of rotatable bonds is 2. The summed E-state index contributed by atoms with van der Waals surface area (Å²) in [6.45, 7) is 4.08. The van der Waals surface area contributed by atoms with Gasteiger partial charge in [0, 0.05) is 5.69 Å². The maximum Gasteiger partial charge on any atom is 0.416 e. The molecule has 0 fully saturated rings. The van der Waals surface area contributed by atoms with Crippen LogP contribution in [0.25, 0.3) is 0 Å². The van der Waals surface area contributed by atoms with Crippen molar-refractivity contribution >= 4 is 11.6 Å². The summed E-state index contributed by atoms with van der Waals surface area (Å²) in [7, 11) is 0. The van der Waals surface area contributed by atoms with Crippen LogP contribution in [0.4, 0.5) is 18.9 Å². The molecule has 2 N–H and O–H groups in total. The van der Waals surface area contributed by atoms with Crippen molar-refractivity contribution in [2.45, 2.75) is 32.5 Å². The Kier molecular flexibility index (Phi) is 3.71. The third-order valence-electron chi connectivity index (χ3n) is 2.37. The summed E-state index contributed by atoms with van der Waals surface area (Å²) in [6, 6.07) is 3.05. The molecule has 0 bridgehead atoms. The highest BCUT2D eigenvalue weighted by molar-refractivity contribution is 5.97. The van der Waals surface area contributed by atoms with E-state index in [1.54, 1.807) is 6.92 Å². The van der Waals surface area contributed by atoms with Gasteiger partial charge in [0.25, 0.3) is 5.91 Å². The Balaban J connectivity index is 3.06. The molecule has 3 nitrogen and oxygen atoms in total. The van der Waals surface area contributed by atoms with E-state index in [1.165, 1.54) is 19.9 Å². The molecular weight excluding hydrogens is 247 g/mol. The van der Waals surface area contributed by atoms with Gasteiger partial charge in [-0.05, 0) is 38.5 Å². The number of anilines is 1. The molecule has 0 aliphatic carbocycles. The predicted octanol–water partition coefficient (Wildman–Crippen LogP) is 2.72. The number of carbonyl (C=O) groups is 1. The Morgan fingerprint density at radius 3 is 2.28 bits per heavy atom. The molecule has 100 valence electrons. The molecule has 0 radical (unpaired) electrons. The number of alkyl halides is 3. The summed E-state index contributed by atoms with van der Waals surface area (Å²) < 4.78 is 37.5. The van der Waals surface area contributed by atoms with Crippen LogP contribution in [0.3, 0.4) is 0 Å². The van der Waals surface area contributed by atoms with Gasteiger partial charge < -0.3 is 10.4 Å². The van der Waals surface area contributed by atoms with Crippen LogP contribution in [-0.2, 0) is 11.0 Å². The third-order valence-corrected chi connectivity index (χ3v) is 2.37. The molecule has 1 aromatic carbocycles. The number of halogens is 3. The number of hydrogen-bond donors (Lipinski definition) is 2. The van der Waals surface area contributed by atoms with Crippen LogP contribution >= 0.6 is 0 Å². The lowest BCUT2D eigenvalue weighted by Gasteiger charge is -2.18. The minimum absolute atomic E-state index is 0.0388. The minimum Gasteiger partial charge on any atom is -0.381 e. The molecule has 6 heteroatoms. The van der Waals surface area contributed by atoms with E-state index in [-0.39, 0.29) is 5.69 Å². The van der Waals surface area contributed by atoms with Gasteiger partial charge in [-0.25, -0.2) is 0 Å². The van der Waals surface area contributed by atoms with Crippen LogP contribution in [0.15, 0.2) is 18.2 Å². The molecule has 1 amide bonds. The maximum absolute atomic E-state index is 12.5. The highest BCUT2D eigenvalue weighted by Crippen LogP contribution is 2.32. The van der Waals surface area contributed by atoms with Gasteiger partial charge in [-0.1, -0.05) is 6.07 Å². The van der Waals surface area contributed by atoms with E-state index in [2.05, 4.69) is 5.32 Å². The summed E-state index contributed by atoms with van der Waals surface area (Å²) >= 11 is 0. The number of hydrogen-bond acceptors (Lipinski definition) is 2. The second-order valence-electron chi connectivity index (χ2n) is 4.54. The number of carbonyl (C=O) groups excluding carboxylic acids is 1. The van der Waals surface area contributed by atoms with Crippen LogP contribution in [0.5, 0.6) is 0 Å². The smallest absolute Gasteiger partial charge is 0.381 e. The molecule has 1 aromatic rings. The molecule has 0 saturated heterocycles. The molecule has 18 heavy (non-hydrogen) atoms. The maximum atomic E-state index is 12.5. The number of nitrogens with one attached hydrogen (secondary N) is 1. The zero-order valence-corrected chi connectivity index (χ0v) is 10.2. The van der Waals surface area contributed by atoms with E-state index >= 15 is 0 Å². The third kappa shape index (κ3) is 3.46. The fourth-order valence-corrected chi connectivity index (χ4v) is 1.21. The second kappa shape index (κ2) is 4.61. The molecule has 0 saturated carbocycles. The van der Waals surface area contributed by atoms with Gasteiger partial charge in [0.2, 0.25) is 0 Å². The molecule has 0 spiro atoms. The van der Waals surface area contributed by atoms with Crippen LogP contribution in [-0.4, -0.2) is 16.6 Å². The Labute approximate surface area is 103 Å². The summed E-state index contributed by atoms with van der Waals surface area (Å²) in [5.41, 5.74) is -1.97. The quantitative estimate of drug-likeness (QED) is 0.860. The average molecular weight is 261 g/mol. The van der Waals surface area contributed by atoms with E-state index < -0.39 is 23.2 Å². The normalized spacial score (nSPS) is 12.4. The Hall–Kier alpha value is -1.56. The van der Waals surface area contributed by atoms with Crippen molar-refractivity contribution in [1.82, 2.24) is 0 Å². The first kappa shape index (κ1) is 14.5.